The van der Waals surface area contributed by atoms with Crippen LogP contribution in [0.3, 0.4) is 0 Å². The molecule has 154 valence electrons. The van der Waals surface area contributed by atoms with Crippen molar-refractivity contribution in [3.8, 4) is 11.4 Å². The number of hydrogen-bond acceptors (Lipinski definition) is 9. The Bertz CT molecular complexity index is 1070. The first-order valence-electron chi connectivity index (χ1n) is 8.75. The van der Waals surface area contributed by atoms with Crippen LogP contribution < -0.4 is 5.32 Å². The van der Waals surface area contributed by atoms with Gasteiger partial charge in [0.25, 0.3) is 17.3 Å². The molecule has 3 aromatic rings. The molecule has 0 saturated carbocycles. The van der Waals surface area contributed by atoms with E-state index in [0.29, 0.717) is 5.56 Å². The monoisotopic (exact) mass is 412 g/mol. The summed E-state index contributed by atoms with van der Waals surface area (Å²) in [5, 5.41) is 28.6. The number of hydrogen-bond donors (Lipinski definition) is 1. The second kappa shape index (κ2) is 8.43. The quantitative estimate of drug-likeness (QED) is 0.453. The Morgan fingerprint density at radius 1 is 1.13 bits per heavy atom. The minimum atomic E-state index is -0.804. The van der Waals surface area contributed by atoms with Gasteiger partial charge in [-0.05, 0) is 18.1 Å². The van der Waals surface area contributed by atoms with E-state index < -0.39 is 33.2 Å². The molecule has 0 radical (unpaired) electrons. The second-order valence-electron chi connectivity index (χ2n) is 6.65. The normalized spacial score (nSPS) is 11.8. The lowest BCUT2D eigenvalue weighted by Gasteiger charge is -2.18. The van der Waals surface area contributed by atoms with Gasteiger partial charge in [-0.25, -0.2) is 0 Å². The first-order chi connectivity index (χ1) is 14.3. The first kappa shape index (κ1) is 20.5. The number of nitrogens with one attached hydrogen (secondary N) is 1. The average Bonchev–Trinajstić information content (AvgIpc) is 3.21. The summed E-state index contributed by atoms with van der Waals surface area (Å²) in [7, 11) is 0. The van der Waals surface area contributed by atoms with Gasteiger partial charge in [0.15, 0.2) is 0 Å². The van der Waals surface area contributed by atoms with Gasteiger partial charge in [0.05, 0.1) is 21.5 Å². The van der Waals surface area contributed by atoms with E-state index in [1.54, 1.807) is 38.4 Å². The van der Waals surface area contributed by atoms with Crippen LogP contribution in [0.5, 0.6) is 0 Å². The molecule has 12 heteroatoms. The van der Waals surface area contributed by atoms with Crippen LogP contribution in [0.1, 0.15) is 36.1 Å². The number of carbonyl (C=O) groups excluding carboxylic acids is 1. The third-order valence-electron chi connectivity index (χ3n) is 4.17. The summed E-state index contributed by atoms with van der Waals surface area (Å²) in [4.78, 5) is 41.5. The minimum absolute atomic E-state index is 0.122. The molecule has 0 fully saturated rings. The maximum Gasteiger partial charge on any atom is 0.277 e. The largest absolute Gasteiger partial charge is 0.340 e. The number of benzene rings is 1. The Hall–Kier alpha value is -4.22. The molecule has 0 aliphatic heterocycles. The SMILES string of the molecule is CC(C)C(NC(=O)c1cc([N+](=O)[O-])cc([N+](=O)[O-])c1)c1nc(-c2cccnc2)no1. The van der Waals surface area contributed by atoms with E-state index in [4.69, 9.17) is 4.52 Å². The van der Waals surface area contributed by atoms with Gasteiger partial charge in [-0.3, -0.25) is 30.0 Å². The molecular formula is C18H16N6O6. The van der Waals surface area contributed by atoms with E-state index in [-0.39, 0.29) is 23.2 Å². The van der Waals surface area contributed by atoms with Gasteiger partial charge < -0.3 is 9.84 Å². The van der Waals surface area contributed by atoms with Crippen molar-refractivity contribution in [2.24, 2.45) is 5.92 Å². The number of carbonyl (C=O) groups is 1. The van der Waals surface area contributed by atoms with Gasteiger partial charge in [-0.15, -0.1) is 0 Å². The van der Waals surface area contributed by atoms with Gasteiger partial charge >= 0.3 is 0 Å². The molecule has 2 heterocycles. The van der Waals surface area contributed by atoms with Crippen LogP contribution in [0.15, 0.2) is 47.2 Å². The number of rotatable bonds is 7. The molecule has 0 aliphatic rings. The molecule has 1 aromatic carbocycles. The summed E-state index contributed by atoms with van der Waals surface area (Å²) in [6.07, 6.45) is 3.15. The molecular weight excluding hydrogens is 396 g/mol. The lowest BCUT2D eigenvalue weighted by atomic mass is 10.0. The first-order valence-corrected chi connectivity index (χ1v) is 8.75. The van der Waals surface area contributed by atoms with E-state index in [2.05, 4.69) is 20.4 Å². The van der Waals surface area contributed by atoms with E-state index in [9.17, 15) is 25.0 Å². The van der Waals surface area contributed by atoms with Crippen molar-refractivity contribution >= 4 is 17.3 Å². The zero-order chi connectivity index (χ0) is 21.8. The van der Waals surface area contributed by atoms with Crippen LogP contribution in [0.2, 0.25) is 0 Å². The van der Waals surface area contributed by atoms with Crippen LogP contribution in [-0.2, 0) is 0 Å². The Labute approximate surface area is 169 Å². The van der Waals surface area contributed by atoms with Crippen LogP contribution in [0.25, 0.3) is 11.4 Å². The topological polar surface area (TPSA) is 167 Å². The highest BCUT2D eigenvalue weighted by Crippen LogP contribution is 2.26. The number of amides is 1. The van der Waals surface area contributed by atoms with E-state index in [0.717, 1.165) is 18.2 Å². The smallest absolute Gasteiger partial charge is 0.277 e. The molecule has 1 amide bonds. The zero-order valence-corrected chi connectivity index (χ0v) is 15.9. The number of nitro benzene ring substituents is 2. The minimum Gasteiger partial charge on any atom is -0.340 e. The molecule has 0 bridgehead atoms. The van der Waals surface area contributed by atoms with Gasteiger partial charge in [0.2, 0.25) is 11.7 Å². The molecule has 0 spiro atoms. The standard InChI is InChI=1S/C18H16N6O6/c1-10(2)15(18-21-16(22-30-18)11-4-3-5-19-9-11)20-17(25)12-6-13(23(26)27)8-14(7-12)24(28)29/h3-10,15H,1-2H3,(H,20,25). The molecule has 12 nitrogen and oxygen atoms in total. The predicted octanol–water partition coefficient (Wildman–Crippen LogP) is 3.08. The fourth-order valence-corrected chi connectivity index (χ4v) is 2.65. The fourth-order valence-electron chi connectivity index (χ4n) is 2.65. The van der Waals surface area contributed by atoms with E-state index >= 15 is 0 Å². The Balaban J connectivity index is 1.89. The van der Waals surface area contributed by atoms with Crippen molar-refractivity contribution in [3.05, 3.63) is 74.4 Å². The molecule has 1 atom stereocenters. The summed E-state index contributed by atoms with van der Waals surface area (Å²) in [5.41, 5.74) is -0.733. The Morgan fingerprint density at radius 3 is 2.33 bits per heavy atom. The van der Waals surface area contributed by atoms with Crippen LogP contribution in [0, 0.1) is 26.1 Å². The van der Waals surface area contributed by atoms with Gasteiger partial charge in [-0.2, -0.15) is 4.98 Å². The molecule has 2 aromatic heterocycles. The average molecular weight is 412 g/mol. The number of non-ortho nitro benzene ring substituents is 2. The maximum atomic E-state index is 12.7. The van der Waals surface area contributed by atoms with E-state index in [1.807, 2.05) is 0 Å². The van der Waals surface area contributed by atoms with Gasteiger partial charge in [-0.1, -0.05) is 19.0 Å². The van der Waals surface area contributed by atoms with Crippen molar-refractivity contribution in [1.82, 2.24) is 20.4 Å². The Morgan fingerprint density at radius 2 is 1.80 bits per heavy atom. The van der Waals surface area contributed by atoms with Crippen molar-refractivity contribution in [2.75, 3.05) is 0 Å². The summed E-state index contributed by atoms with van der Waals surface area (Å²) >= 11 is 0. The number of aromatic nitrogens is 3. The summed E-state index contributed by atoms with van der Waals surface area (Å²) < 4.78 is 5.28. The third-order valence-corrected chi connectivity index (χ3v) is 4.17. The van der Waals surface area contributed by atoms with Crippen molar-refractivity contribution in [2.45, 2.75) is 19.9 Å². The molecule has 0 saturated heterocycles. The van der Waals surface area contributed by atoms with Gasteiger partial charge in [0, 0.05) is 30.1 Å². The number of nitro groups is 2. The lowest BCUT2D eigenvalue weighted by molar-refractivity contribution is -0.394. The van der Waals surface area contributed by atoms with Crippen molar-refractivity contribution in [3.63, 3.8) is 0 Å². The zero-order valence-electron chi connectivity index (χ0n) is 15.9. The third kappa shape index (κ3) is 4.43. The highest BCUT2D eigenvalue weighted by atomic mass is 16.6. The highest BCUT2D eigenvalue weighted by Gasteiger charge is 2.27. The summed E-state index contributed by atoms with van der Waals surface area (Å²) in [6, 6.07) is 5.45. The predicted molar refractivity (Wildman–Crippen MR) is 102 cm³/mol. The molecule has 30 heavy (non-hydrogen) atoms. The van der Waals surface area contributed by atoms with Crippen LogP contribution in [-0.4, -0.2) is 30.9 Å². The molecule has 1 N–H and O–H groups in total. The van der Waals surface area contributed by atoms with Crippen LogP contribution >= 0.6 is 0 Å². The second-order valence-corrected chi connectivity index (χ2v) is 6.65. The van der Waals surface area contributed by atoms with Crippen LogP contribution in [0.4, 0.5) is 11.4 Å². The molecule has 0 aliphatic carbocycles. The number of pyridine rings is 1. The summed E-state index contributed by atoms with van der Waals surface area (Å²) in [6.45, 7) is 3.60. The fraction of sp³-hybridized carbons (Fsp3) is 0.222. The highest BCUT2D eigenvalue weighted by molar-refractivity contribution is 5.95. The molecule has 3 rings (SSSR count). The summed E-state index contributed by atoms with van der Waals surface area (Å²) in [5.74, 6) is -0.535. The van der Waals surface area contributed by atoms with Crippen molar-refractivity contribution in [1.29, 1.82) is 0 Å². The lowest BCUT2D eigenvalue weighted by Crippen LogP contribution is -2.32. The molecule has 1 unspecified atom stereocenters. The number of nitrogens with zero attached hydrogens (tertiary/aromatic N) is 5. The van der Waals surface area contributed by atoms with Gasteiger partial charge in [0.1, 0.15) is 6.04 Å². The maximum absolute atomic E-state index is 12.7. The van der Waals surface area contributed by atoms with Crippen molar-refractivity contribution < 1.29 is 19.2 Å². The Kier molecular flexibility index (Phi) is 5.76. The van der Waals surface area contributed by atoms with E-state index in [1.165, 1.54) is 0 Å².